The van der Waals surface area contributed by atoms with Crippen LogP contribution in [0, 0.1) is 18.6 Å². The number of carbonyl (C=O) groups excluding carboxylic acids is 1. The summed E-state index contributed by atoms with van der Waals surface area (Å²) >= 11 is 0. The minimum atomic E-state index is -0.609. The van der Waals surface area contributed by atoms with Crippen molar-refractivity contribution in [1.82, 2.24) is 9.78 Å². The summed E-state index contributed by atoms with van der Waals surface area (Å²) in [5.41, 5.74) is 1.30. The van der Waals surface area contributed by atoms with E-state index in [4.69, 9.17) is 0 Å². The van der Waals surface area contributed by atoms with Gasteiger partial charge in [0.25, 0.3) is 0 Å². The lowest BCUT2D eigenvalue weighted by atomic mass is 10.0. The first kappa shape index (κ1) is 14.1. The third kappa shape index (κ3) is 2.53. The molecule has 3 rings (SSSR count). The molecule has 0 saturated carbocycles. The molecule has 2 aromatic carbocycles. The zero-order chi connectivity index (χ0) is 15.7. The Morgan fingerprint density at radius 3 is 2.55 bits per heavy atom. The summed E-state index contributed by atoms with van der Waals surface area (Å²) in [6.45, 7) is 1.66. The number of halogens is 2. The first-order chi connectivity index (χ1) is 10.6. The molecule has 0 atom stereocenters. The molecule has 0 aliphatic carbocycles. The van der Waals surface area contributed by atoms with Crippen LogP contribution in [0.2, 0.25) is 0 Å². The molecule has 1 aromatic heterocycles. The molecular formula is C17H12F2N2O. The van der Waals surface area contributed by atoms with Crippen LogP contribution < -0.4 is 0 Å². The van der Waals surface area contributed by atoms with Crippen molar-refractivity contribution in [2.45, 2.75) is 6.92 Å². The quantitative estimate of drug-likeness (QED) is 0.691. The second kappa shape index (κ2) is 5.52. The highest BCUT2D eigenvalue weighted by molar-refractivity contribution is 6.09. The van der Waals surface area contributed by atoms with Crippen LogP contribution in [0.1, 0.15) is 21.6 Å². The van der Waals surface area contributed by atoms with E-state index in [2.05, 4.69) is 5.10 Å². The summed E-state index contributed by atoms with van der Waals surface area (Å²) in [7, 11) is 0. The van der Waals surface area contributed by atoms with Crippen molar-refractivity contribution in [3.63, 3.8) is 0 Å². The molecule has 0 fully saturated rings. The number of carbonyl (C=O) groups is 1. The van der Waals surface area contributed by atoms with Gasteiger partial charge in [0.1, 0.15) is 17.3 Å². The summed E-state index contributed by atoms with van der Waals surface area (Å²) in [5, 5.41) is 4.12. The molecule has 0 unspecified atom stereocenters. The van der Waals surface area contributed by atoms with Gasteiger partial charge in [-0.2, -0.15) is 5.10 Å². The van der Waals surface area contributed by atoms with Crippen molar-refractivity contribution in [3.8, 4) is 5.69 Å². The van der Waals surface area contributed by atoms with Crippen LogP contribution in [-0.4, -0.2) is 15.6 Å². The van der Waals surface area contributed by atoms with Crippen LogP contribution in [0.3, 0.4) is 0 Å². The fourth-order valence-corrected chi connectivity index (χ4v) is 2.21. The minimum Gasteiger partial charge on any atom is -0.288 e. The molecule has 0 bridgehead atoms. The molecule has 3 aromatic rings. The lowest BCUT2D eigenvalue weighted by Crippen LogP contribution is -2.01. The van der Waals surface area contributed by atoms with Crippen molar-refractivity contribution in [2.75, 3.05) is 0 Å². The van der Waals surface area contributed by atoms with Crippen LogP contribution in [0.25, 0.3) is 5.69 Å². The van der Waals surface area contributed by atoms with E-state index in [1.54, 1.807) is 31.2 Å². The number of hydrogen-bond acceptors (Lipinski definition) is 2. The second-order valence-corrected chi connectivity index (χ2v) is 4.86. The summed E-state index contributed by atoms with van der Waals surface area (Å²) in [6, 6.07) is 11.8. The zero-order valence-corrected chi connectivity index (χ0v) is 11.8. The molecule has 110 valence electrons. The topological polar surface area (TPSA) is 34.9 Å². The van der Waals surface area contributed by atoms with Crippen LogP contribution in [-0.2, 0) is 0 Å². The molecule has 1 heterocycles. The highest BCUT2D eigenvalue weighted by Crippen LogP contribution is 2.19. The smallest absolute Gasteiger partial charge is 0.196 e. The number of benzene rings is 2. The fourth-order valence-electron chi connectivity index (χ4n) is 2.21. The van der Waals surface area contributed by atoms with Crippen molar-refractivity contribution in [1.29, 1.82) is 0 Å². The Morgan fingerprint density at radius 2 is 1.82 bits per heavy atom. The van der Waals surface area contributed by atoms with E-state index in [0.29, 0.717) is 16.8 Å². The highest BCUT2D eigenvalue weighted by atomic mass is 19.1. The van der Waals surface area contributed by atoms with Crippen molar-refractivity contribution >= 4 is 5.78 Å². The first-order valence-corrected chi connectivity index (χ1v) is 6.67. The van der Waals surface area contributed by atoms with Gasteiger partial charge in [0.05, 0.1) is 11.3 Å². The second-order valence-electron chi connectivity index (χ2n) is 4.86. The monoisotopic (exact) mass is 298 g/mol. The van der Waals surface area contributed by atoms with Gasteiger partial charge < -0.3 is 0 Å². The minimum absolute atomic E-state index is 0.0322. The van der Waals surface area contributed by atoms with E-state index in [-0.39, 0.29) is 11.5 Å². The van der Waals surface area contributed by atoms with Crippen LogP contribution in [0.4, 0.5) is 8.78 Å². The molecule has 0 saturated heterocycles. The number of aryl methyl sites for hydroxylation is 1. The number of hydrogen-bond donors (Lipinski definition) is 0. The van der Waals surface area contributed by atoms with Crippen LogP contribution in [0.15, 0.2) is 54.7 Å². The van der Waals surface area contributed by atoms with Gasteiger partial charge in [-0.25, -0.2) is 13.5 Å². The van der Waals surface area contributed by atoms with Crippen LogP contribution >= 0.6 is 0 Å². The summed E-state index contributed by atoms with van der Waals surface area (Å²) < 4.78 is 28.3. The normalized spacial score (nSPS) is 10.7. The van der Waals surface area contributed by atoms with Gasteiger partial charge in [0.15, 0.2) is 5.78 Å². The zero-order valence-electron chi connectivity index (χ0n) is 11.8. The van der Waals surface area contributed by atoms with Gasteiger partial charge in [0.2, 0.25) is 0 Å². The Balaban J connectivity index is 2.05. The van der Waals surface area contributed by atoms with E-state index in [1.807, 2.05) is 6.07 Å². The highest BCUT2D eigenvalue weighted by Gasteiger charge is 2.17. The largest absolute Gasteiger partial charge is 0.288 e. The maximum absolute atomic E-state index is 13.8. The standard InChI is InChI=1S/C17H12F2N2O/c1-11-14(17(22)12-5-3-2-4-6-12)10-21(20-11)16-9-13(18)7-8-15(16)19/h2-10H,1H3. The van der Waals surface area contributed by atoms with E-state index >= 15 is 0 Å². The molecule has 0 N–H and O–H groups in total. The number of rotatable bonds is 3. The number of ketones is 1. The van der Waals surface area contributed by atoms with Crippen molar-refractivity contribution in [3.05, 3.63) is 83.2 Å². The molecule has 0 radical (unpaired) electrons. The maximum atomic E-state index is 13.8. The average Bonchev–Trinajstić information content (AvgIpc) is 2.91. The third-order valence-corrected chi connectivity index (χ3v) is 3.33. The molecule has 0 amide bonds. The summed E-state index contributed by atoms with van der Waals surface area (Å²) in [5.74, 6) is -1.38. The molecule has 0 aliphatic heterocycles. The number of aromatic nitrogens is 2. The lowest BCUT2D eigenvalue weighted by molar-refractivity contribution is 0.103. The van der Waals surface area contributed by atoms with E-state index in [0.717, 1.165) is 18.2 Å². The van der Waals surface area contributed by atoms with Gasteiger partial charge in [0, 0.05) is 17.8 Å². The predicted octanol–water partition coefficient (Wildman–Crippen LogP) is 3.69. The average molecular weight is 298 g/mol. The first-order valence-electron chi connectivity index (χ1n) is 6.67. The van der Waals surface area contributed by atoms with Gasteiger partial charge in [-0.15, -0.1) is 0 Å². The molecule has 3 nitrogen and oxygen atoms in total. The van der Waals surface area contributed by atoms with Gasteiger partial charge in [-0.3, -0.25) is 4.79 Å². The van der Waals surface area contributed by atoms with Gasteiger partial charge in [-0.05, 0) is 19.1 Å². The van der Waals surface area contributed by atoms with E-state index < -0.39 is 11.6 Å². The number of nitrogens with zero attached hydrogens (tertiary/aromatic N) is 2. The SMILES string of the molecule is Cc1nn(-c2cc(F)ccc2F)cc1C(=O)c1ccccc1. The molecule has 0 aliphatic rings. The van der Waals surface area contributed by atoms with Gasteiger partial charge >= 0.3 is 0 Å². The molecule has 22 heavy (non-hydrogen) atoms. The van der Waals surface area contributed by atoms with Crippen molar-refractivity contribution in [2.24, 2.45) is 0 Å². The third-order valence-electron chi connectivity index (χ3n) is 3.33. The molecular weight excluding hydrogens is 286 g/mol. The van der Waals surface area contributed by atoms with Crippen LogP contribution in [0.5, 0.6) is 0 Å². The Morgan fingerprint density at radius 1 is 1.09 bits per heavy atom. The maximum Gasteiger partial charge on any atom is 0.196 e. The van der Waals surface area contributed by atoms with Gasteiger partial charge in [-0.1, -0.05) is 30.3 Å². The Bertz CT molecular complexity index is 841. The van der Waals surface area contributed by atoms with E-state index in [1.165, 1.54) is 10.9 Å². The lowest BCUT2D eigenvalue weighted by Gasteiger charge is -2.02. The summed E-state index contributed by atoms with van der Waals surface area (Å²) in [4.78, 5) is 12.4. The Labute approximate surface area is 125 Å². The molecule has 0 spiro atoms. The van der Waals surface area contributed by atoms with E-state index in [9.17, 15) is 13.6 Å². The fraction of sp³-hybridized carbons (Fsp3) is 0.0588. The van der Waals surface area contributed by atoms with Crippen molar-refractivity contribution < 1.29 is 13.6 Å². The summed E-state index contributed by atoms with van der Waals surface area (Å²) in [6.07, 6.45) is 1.42. The molecule has 5 heteroatoms. The Kier molecular flexibility index (Phi) is 3.55. The predicted molar refractivity (Wildman–Crippen MR) is 78.1 cm³/mol. The Hall–Kier alpha value is -2.82.